The van der Waals surface area contributed by atoms with Gasteiger partial charge in [-0.25, -0.2) is 4.39 Å². The molecule has 0 bridgehead atoms. The highest BCUT2D eigenvalue weighted by atomic mass is 32.2. The number of aryl methyl sites for hydroxylation is 1. The van der Waals surface area contributed by atoms with Gasteiger partial charge in [0.1, 0.15) is 5.82 Å². The Bertz CT molecular complexity index is 342. The van der Waals surface area contributed by atoms with E-state index in [1.165, 1.54) is 0 Å². The molecule has 3 heteroatoms. The summed E-state index contributed by atoms with van der Waals surface area (Å²) >= 11 is 1.61. The first-order chi connectivity index (χ1) is 6.36. The second-order valence-electron chi connectivity index (χ2n) is 4.02. The molecule has 0 amide bonds. The summed E-state index contributed by atoms with van der Waals surface area (Å²) in [6, 6.07) is 3.39. The molecule has 0 aliphatic heterocycles. The largest absolute Gasteiger partial charge is 0.322 e. The quantitative estimate of drug-likeness (QED) is 0.764. The van der Waals surface area contributed by atoms with Crippen molar-refractivity contribution in [2.75, 3.05) is 6.26 Å². The maximum Gasteiger partial charge on any atom is 0.128 e. The van der Waals surface area contributed by atoms with Crippen LogP contribution in [-0.4, -0.2) is 6.26 Å². The van der Waals surface area contributed by atoms with Crippen LogP contribution in [0.4, 0.5) is 4.39 Å². The molecule has 1 aromatic carbocycles. The van der Waals surface area contributed by atoms with Gasteiger partial charge >= 0.3 is 0 Å². The zero-order chi connectivity index (χ0) is 10.9. The minimum atomic E-state index is -0.623. The van der Waals surface area contributed by atoms with Crippen LogP contribution in [-0.2, 0) is 5.54 Å². The zero-order valence-corrected chi connectivity index (χ0v) is 9.83. The maximum atomic E-state index is 13.6. The van der Waals surface area contributed by atoms with Crippen LogP contribution in [0, 0.1) is 12.7 Å². The molecule has 0 saturated carbocycles. The van der Waals surface area contributed by atoms with Gasteiger partial charge in [0.2, 0.25) is 0 Å². The Labute approximate surface area is 88.9 Å². The van der Waals surface area contributed by atoms with Crippen LogP contribution in [0.15, 0.2) is 17.0 Å². The number of hydrogen-bond donors (Lipinski definition) is 1. The van der Waals surface area contributed by atoms with E-state index in [9.17, 15) is 4.39 Å². The molecule has 0 aliphatic rings. The van der Waals surface area contributed by atoms with E-state index in [0.29, 0.717) is 5.56 Å². The molecular weight excluding hydrogens is 197 g/mol. The average Bonchev–Trinajstić information content (AvgIpc) is 2.02. The first kappa shape index (κ1) is 11.5. The molecule has 0 fully saturated rings. The first-order valence-electron chi connectivity index (χ1n) is 4.49. The molecule has 0 atom stereocenters. The summed E-state index contributed by atoms with van der Waals surface area (Å²) in [7, 11) is 0. The molecule has 0 radical (unpaired) electrons. The summed E-state index contributed by atoms with van der Waals surface area (Å²) < 4.78 is 13.6. The fourth-order valence-electron chi connectivity index (χ4n) is 1.37. The average molecular weight is 213 g/mol. The molecule has 0 aliphatic carbocycles. The normalized spacial score (nSPS) is 11.9. The lowest BCUT2D eigenvalue weighted by atomic mass is 9.94. The molecule has 0 spiro atoms. The van der Waals surface area contributed by atoms with Crippen LogP contribution in [0.1, 0.15) is 25.0 Å². The summed E-state index contributed by atoms with van der Waals surface area (Å²) in [4.78, 5) is 1.08. The van der Waals surface area contributed by atoms with Crippen LogP contribution in [0.5, 0.6) is 0 Å². The first-order valence-corrected chi connectivity index (χ1v) is 5.72. The Balaban J connectivity index is 3.32. The van der Waals surface area contributed by atoms with Gasteiger partial charge in [0.25, 0.3) is 0 Å². The Morgan fingerprint density at radius 3 is 2.36 bits per heavy atom. The molecule has 0 heterocycles. The van der Waals surface area contributed by atoms with E-state index >= 15 is 0 Å². The summed E-state index contributed by atoms with van der Waals surface area (Å²) in [5, 5.41) is 0. The SMILES string of the molecule is CSc1cc(C(C)(C)N)c(F)cc1C. The number of nitrogens with two attached hydrogens (primary N) is 1. The molecule has 2 N–H and O–H groups in total. The highest BCUT2D eigenvalue weighted by molar-refractivity contribution is 7.98. The van der Waals surface area contributed by atoms with Gasteiger partial charge in [-0.15, -0.1) is 11.8 Å². The van der Waals surface area contributed by atoms with Gasteiger partial charge in [0.15, 0.2) is 0 Å². The third kappa shape index (κ3) is 2.28. The van der Waals surface area contributed by atoms with Gasteiger partial charge in [0, 0.05) is 16.0 Å². The fraction of sp³-hybridized carbons (Fsp3) is 0.455. The smallest absolute Gasteiger partial charge is 0.128 e. The molecule has 0 unspecified atom stereocenters. The highest BCUT2D eigenvalue weighted by Crippen LogP contribution is 2.28. The third-order valence-electron chi connectivity index (χ3n) is 2.18. The van der Waals surface area contributed by atoms with Crippen LogP contribution in [0.2, 0.25) is 0 Å². The Hall–Kier alpha value is -0.540. The number of hydrogen-bond acceptors (Lipinski definition) is 2. The standard InChI is InChI=1S/C11H16FNS/c1-7-5-9(12)8(11(2,3)13)6-10(7)14-4/h5-6H,13H2,1-4H3. The Morgan fingerprint density at radius 2 is 1.93 bits per heavy atom. The van der Waals surface area contributed by atoms with Gasteiger partial charge in [0.05, 0.1) is 0 Å². The predicted molar refractivity (Wildman–Crippen MR) is 60.1 cm³/mol. The van der Waals surface area contributed by atoms with Crippen molar-refractivity contribution >= 4 is 11.8 Å². The number of thioether (sulfide) groups is 1. The van der Waals surface area contributed by atoms with E-state index in [0.717, 1.165) is 10.5 Å². The van der Waals surface area contributed by atoms with Crippen molar-refractivity contribution in [2.45, 2.75) is 31.2 Å². The third-order valence-corrected chi connectivity index (χ3v) is 3.06. The summed E-state index contributed by atoms with van der Waals surface area (Å²) in [5.74, 6) is -0.215. The van der Waals surface area contributed by atoms with Gasteiger partial charge < -0.3 is 5.73 Å². The van der Waals surface area contributed by atoms with Crippen LogP contribution in [0.3, 0.4) is 0 Å². The van der Waals surface area contributed by atoms with Gasteiger partial charge in [-0.2, -0.15) is 0 Å². The Kier molecular flexibility index (Phi) is 3.22. The van der Waals surface area contributed by atoms with Crippen molar-refractivity contribution in [2.24, 2.45) is 5.73 Å². The fourth-order valence-corrected chi connectivity index (χ4v) is 1.98. The maximum absolute atomic E-state index is 13.6. The summed E-state index contributed by atoms with van der Waals surface area (Å²) in [6.07, 6.45) is 1.98. The molecular formula is C11H16FNS. The zero-order valence-electron chi connectivity index (χ0n) is 9.02. The summed E-state index contributed by atoms with van der Waals surface area (Å²) in [6.45, 7) is 5.53. The van der Waals surface area contributed by atoms with E-state index < -0.39 is 5.54 Å². The van der Waals surface area contributed by atoms with E-state index in [1.807, 2.05) is 33.1 Å². The topological polar surface area (TPSA) is 26.0 Å². The second-order valence-corrected chi connectivity index (χ2v) is 4.87. The monoisotopic (exact) mass is 213 g/mol. The van der Waals surface area contributed by atoms with Crippen molar-refractivity contribution < 1.29 is 4.39 Å². The van der Waals surface area contributed by atoms with E-state index in [1.54, 1.807) is 17.8 Å². The molecule has 78 valence electrons. The number of benzene rings is 1. The van der Waals surface area contributed by atoms with Crippen molar-refractivity contribution in [1.82, 2.24) is 0 Å². The van der Waals surface area contributed by atoms with Crippen LogP contribution < -0.4 is 5.73 Å². The van der Waals surface area contributed by atoms with Crippen molar-refractivity contribution in [1.29, 1.82) is 0 Å². The molecule has 1 aromatic rings. The molecule has 14 heavy (non-hydrogen) atoms. The van der Waals surface area contributed by atoms with Crippen molar-refractivity contribution in [3.63, 3.8) is 0 Å². The van der Waals surface area contributed by atoms with Crippen LogP contribution in [0.25, 0.3) is 0 Å². The number of rotatable bonds is 2. The predicted octanol–water partition coefficient (Wildman–Crippen LogP) is 3.05. The summed E-state index contributed by atoms with van der Waals surface area (Å²) in [5.41, 5.74) is 6.80. The van der Waals surface area contributed by atoms with E-state index in [2.05, 4.69) is 0 Å². The molecule has 0 saturated heterocycles. The molecule has 1 nitrogen and oxygen atoms in total. The van der Waals surface area contributed by atoms with Gasteiger partial charge in [-0.3, -0.25) is 0 Å². The van der Waals surface area contributed by atoms with E-state index in [4.69, 9.17) is 5.73 Å². The Morgan fingerprint density at radius 1 is 1.36 bits per heavy atom. The van der Waals surface area contributed by atoms with Crippen molar-refractivity contribution in [3.05, 3.63) is 29.1 Å². The van der Waals surface area contributed by atoms with Gasteiger partial charge in [-0.1, -0.05) is 0 Å². The number of halogens is 1. The van der Waals surface area contributed by atoms with E-state index in [-0.39, 0.29) is 5.82 Å². The highest BCUT2D eigenvalue weighted by Gasteiger charge is 2.20. The molecule has 0 aromatic heterocycles. The van der Waals surface area contributed by atoms with Crippen LogP contribution >= 0.6 is 11.8 Å². The molecule has 1 rings (SSSR count). The minimum Gasteiger partial charge on any atom is -0.322 e. The lowest BCUT2D eigenvalue weighted by Gasteiger charge is -2.21. The lowest BCUT2D eigenvalue weighted by Crippen LogP contribution is -2.30. The lowest BCUT2D eigenvalue weighted by molar-refractivity contribution is 0.499. The van der Waals surface area contributed by atoms with Crippen molar-refractivity contribution in [3.8, 4) is 0 Å². The second kappa shape index (κ2) is 3.91. The van der Waals surface area contributed by atoms with Gasteiger partial charge in [-0.05, 0) is 44.7 Å². The minimum absolute atomic E-state index is 0.215.